The summed E-state index contributed by atoms with van der Waals surface area (Å²) in [6.07, 6.45) is 4.72. The maximum absolute atomic E-state index is 9.62. The molecule has 1 aromatic carbocycles. The van der Waals surface area contributed by atoms with E-state index in [1.54, 1.807) is 10.9 Å². The van der Waals surface area contributed by atoms with Crippen LogP contribution >= 0.6 is 0 Å². The normalized spacial score (nSPS) is 19.0. The van der Waals surface area contributed by atoms with Crippen LogP contribution in [-0.4, -0.2) is 35.6 Å². The summed E-state index contributed by atoms with van der Waals surface area (Å²) in [4.78, 5) is 2.24. The van der Waals surface area contributed by atoms with E-state index in [0.29, 0.717) is 5.56 Å². The zero-order chi connectivity index (χ0) is 14.7. The van der Waals surface area contributed by atoms with E-state index in [0.717, 1.165) is 37.5 Å². The smallest absolute Gasteiger partial charge is 0.104 e. The Morgan fingerprint density at radius 2 is 2.19 bits per heavy atom. The third-order valence-electron chi connectivity index (χ3n) is 3.68. The Bertz CT molecular complexity index is 645. The fourth-order valence-electron chi connectivity index (χ4n) is 2.72. The van der Waals surface area contributed by atoms with Gasteiger partial charge < -0.3 is 9.64 Å². The number of aromatic nitrogens is 2. The third kappa shape index (κ3) is 2.76. The van der Waals surface area contributed by atoms with Crippen LogP contribution in [0, 0.1) is 11.3 Å². The highest BCUT2D eigenvalue weighted by Gasteiger charge is 2.20. The van der Waals surface area contributed by atoms with Gasteiger partial charge in [-0.15, -0.1) is 0 Å². The standard InChI is InChI=1S/C16H18N4O/c1-13-12-19(8-4-10-21-13)15-5-2-6-16(14(15)11-17)20-9-3-7-18-20/h2-3,5-7,9,13H,4,8,10,12H2,1H3. The molecule has 0 aliphatic carbocycles. The fraction of sp³-hybridized carbons (Fsp3) is 0.375. The van der Waals surface area contributed by atoms with Crippen LogP contribution in [-0.2, 0) is 4.74 Å². The Morgan fingerprint density at radius 1 is 1.33 bits per heavy atom. The Morgan fingerprint density at radius 3 is 2.95 bits per heavy atom. The molecule has 0 saturated carbocycles. The van der Waals surface area contributed by atoms with Crippen LogP contribution in [0.15, 0.2) is 36.7 Å². The zero-order valence-electron chi connectivity index (χ0n) is 12.1. The van der Waals surface area contributed by atoms with Gasteiger partial charge >= 0.3 is 0 Å². The van der Waals surface area contributed by atoms with Crippen molar-refractivity contribution in [2.24, 2.45) is 0 Å². The van der Waals surface area contributed by atoms with Crippen LogP contribution in [0.5, 0.6) is 0 Å². The van der Waals surface area contributed by atoms with Gasteiger partial charge in [-0.2, -0.15) is 10.4 Å². The maximum Gasteiger partial charge on any atom is 0.104 e. The summed E-state index contributed by atoms with van der Waals surface area (Å²) in [5.74, 6) is 0. The molecule has 3 rings (SSSR count). The molecule has 0 amide bonds. The van der Waals surface area contributed by atoms with Crippen molar-refractivity contribution in [2.75, 3.05) is 24.6 Å². The molecule has 1 fully saturated rings. The van der Waals surface area contributed by atoms with Crippen LogP contribution in [0.4, 0.5) is 5.69 Å². The van der Waals surface area contributed by atoms with Gasteiger partial charge in [-0.1, -0.05) is 6.07 Å². The number of nitrogens with zero attached hydrogens (tertiary/aromatic N) is 4. The number of rotatable bonds is 2. The molecule has 1 aliphatic heterocycles. The lowest BCUT2D eigenvalue weighted by Gasteiger charge is -2.26. The predicted octanol–water partition coefficient (Wildman–Crippen LogP) is 2.36. The first-order chi connectivity index (χ1) is 10.3. The minimum Gasteiger partial charge on any atom is -0.377 e. The molecule has 2 heterocycles. The molecule has 108 valence electrons. The van der Waals surface area contributed by atoms with E-state index in [9.17, 15) is 5.26 Å². The molecular weight excluding hydrogens is 264 g/mol. The van der Waals surface area contributed by atoms with Gasteiger partial charge in [0.25, 0.3) is 0 Å². The molecule has 1 atom stereocenters. The number of ether oxygens (including phenoxy) is 1. The Hall–Kier alpha value is -2.32. The van der Waals surface area contributed by atoms with Crippen molar-refractivity contribution in [1.29, 1.82) is 5.26 Å². The van der Waals surface area contributed by atoms with Crippen molar-refractivity contribution in [3.05, 3.63) is 42.2 Å². The second-order valence-corrected chi connectivity index (χ2v) is 5.21. The lowest BCUT2D eigenvalue weighted by atomic mass is 10.1. The van der Waals surface area contributed by atoms with E-state index >= 15 is 0 Å². The Labute approximate surface area is 124 Å². The quantitative estimate of drug-likeness (QED) is 0.848. The minimum atomic E-state index is 0.174. The summed E-state index contributed by atoms with van der Waals surface area (Å²) in [5, 5.41) is 13.9. The van der Waals surface area contributed by atoms with Crippen molar-refractivity contribution < 1.29 is 4.74 Å². The van der Waals surface area contributed by atoms with Crippen LogP contribution < -0.4 is 4.90 Å². The highest BCUT2D eigenvalue weighted by atomic mass is 16.5. The molecule has 1 unspecified atom stereocenters. The van der Waals surface area contributed by atoms with Gasteiger partial charge in [0, 0.05) is 32.1 Å². The molecule has 21 heavy (non-hydrogen) atoms. The molecule has 2 aromatic rings. The number of anilines is 1. The topological polar surface area (TPSA) is 54.1 Å². The van der Waals surface area contributed by atoms with Crippen molar-refractivity contribution in [1.82, 2.24) is 9.78 Å². The molecule has 5 heteroatoms. The molecule has 5 nitrogen and oxygen atoms in total. The lowest BCUT2D eigenvalue weighted by molar-refractivity contribution is 0.0821. The van der Waals surface area contributed by atoms with Crippen LogP contribution in [0.25, 0.3) is 5.69 Å². The molecular formula is C16H18N4O. The first kappa shape index (κ1) is 13.7. The number of hydrogen-bond acceptors (Lipinski definition) is 4. The molecule has 1 aromatic heterocycles. The Balaban J connectivity index is 2.02. The van der Waals surface area contributed by atoms with Crippen molar-refractivity contribution in [3.63, 3.8) is 0 Å². The highest BCUT2D eigenvalue weighted by Crippen LogP contribution is 2.27. The summed E-state index contributed by atoms with van der Waals surface area (Å²) in [6, 6.07) is 10.1. The van der Waals surface area contributed by atoms with Crippen molar-refractivity contribution >= 4 is 5.69 Å². The summed E-state index contributed by atoms with van der Waals surface area (Å²) in [5.41, 5.74) is 2.44. The van der Waals surface area contributed by atoms with Gasteiger partial charge in [-0.3, -0.25) is 0 Å². The molecule has 1 saturated heterocycles. The van der Waals surface area contributed by atoms with Gasteiger partial charge in [-0.25, -0.2) is 4.68 Å². The average Bonchev–Trinajstić information content (AvgIpc) is 2.95. The molecule has 0 bridgehead atoms. The van der Waals surface area contributed by atoms with E-state index in [-0.39, 0.29) is 6.10 Å². The molecule has 0 spiro atoms. The average molecular weight is 282 g/mol. The summed E-state index contributed by atoms with van der Waals surface area (Å²) in [7, 11) is 0. The lowest BCUT2D eigenvalue weighted by Crippen LogP contribution is -2.30. The molecule has 1 aliphatic rings. The second-order valence-electron chi connectivity index (χ2n) is 5.21. The number of benzene rings is 1. The van der Waals surface area contributed by atoms with Gasteiger partial charge in [-0.05, 0) is 31.5 Å². The third-order valence-corrected chi connectivity index (χ3v) is 3.68. The van der Waals surface area contributed by atoms with Crippen LogP contribution in [0.1, 0.15) is 18.9 Å². The first-order valence-electron chi connectivity index (χ1n) is 7.19. The van der Waals surface area contributed by atoms with E-state index in [4.69, 9.17) is 4.74 Å². The Kier molecular flexibility index (Phi) is 3.89. The van der Waals surface area contributed by atoms with Crippen LogP contribution in [0.2, 0.25) is 0 Å². The fourth-order valence-corrected chi connectivity index (χ4v) is 2.72. The van der Waals surface area contributed by atoms with E-state index in [1.807, 2.05) is 30.5 Å². The highest BCUT2D eigenvalue weighted by molar-refractivity contribution is 5.67. The van der Waals surface area contributed by atoms with E-state index < -0.39 is 0 Å². The SMILES string of the molecule is CC1CN(c2cccc(-n3cccn3)c2C#N)CCCO1. The van der Waals surface area contributed by atoms with E-state index in [2.05, 4.69) is 23.0 Å². The van der Waals surface area contributed by atoms with Gasteiger partial charge in [0.15, 0.2) is 0 Å². The van der Waals surface area contributed by atoms with Crippen molar-refractivity contribution in [2.45, 2.75) is 19.4 Å². The maximum atomic E-state index is 9.62. The minimum absolute atomic E-state index is 0.174. The molecule has 0 radical (unpaired) electrons. The van der Waals surface area contributed by atoms with Gasteiger partial charge in [0.1, 0.15) is 11.6 Å². The van der Waals surface area contributed by atoms with Crippen LogP contribution in [0.3, 0.4) is 0 Å². The predicted molar refractivity (Wildman–Crippen MR) is 80.5 cm³/mol. The molecule has 0 N–H and O–H groups in total. The number of nitriles is 1. The summed E-state index contributed by atoms with van der Waals surface area (Å²) >= 11 is 0. The monoisotopic (exact) mass is 282 g/mol. The number of hydrogen-bond donors (Lipinski definition) is 0. The largest absolute Gasteiger partial charge is 0.377 e. The van der Waals surface area contributed by atoms with E-state index in [1.165, 1.54) is 0 Å². The summed E-state index contributed by atoms with van der Waals surface area (Å²) < 4.78 is 7.42. The first-order valence-corrected chi connectivity index (χ1v) is 7.19. The van der Waals surface area contributed by atoms with Crippen molar-refractivity contribution in [3.8, 4) is 11.8 Å². The van der Waals surface area contributed by atoms with Gasteiger partial charge in [0.2, 0.25) is 0 Å². The summed E-state index contributed by atoms with van der Waals surface area (Å²) in [6.45, 7) is 4.55. The second kappa shape index (κ2) is 5.98. The van der Waals surface area contributed by atoms with Gasteiger partial charge in [0.05, 0.1) is 17.5 Å². The zero-order valence-corrected chi connectivity index (χ0v) is 12.1.